The van der Waals surface area contributed by atoms with E-state index in [1.807, 2.05) is 0 Å². The maximum Gasteiger partial charge on any atom is 0.341 e. The minimum atomic E-state index is -1.27. The van der Waals surface area contributed by atoms with Gasteiger partial charge in [0.2, 0.25) is 0 Å². The normalized spacial score (nSPS) is 10.9. The molecule has 0 aliphatic carbocycles. The number of nitrogens with one attached hydrogen (secondary N) is 1. The lowest BCUT2D eigenvalue weighted by molar-refractivity contribution is 0.0694. The van der Waals surface area contributed by atoms with Gasteiger partial charge in [0.15, 0.2) is 0 Å². The number of carboxylic acids is 1. The van der Waals surface area contributed by atoms with Gasteiger partial charge in [-0.25, -0.2) is 9.78 Å². The zero-order chi connectivity index (χ0) is 18.3. The number of rotatable bonds is 3. The predicted octanol–water partition coefficient (Wildman–Crippen LogP) is 1.89. The summed E-state index contributed by atoms with van der Waals surface area (Å²) < 4.78 is 1.28. The first-order valence-corrected chi connectivity index (χ1v) is 7.67. The van der Waals surface area contributed by atoms with Crippen LogP contribution in [0.3, 0.4) is 0 Å². The number of nitrogens with zero attached hydrogens (tertiary/aromatic N) is 4. The Balaban J connectivity index is 1.83. The first-order valence-electron chi connectivity index (χ1n) is 7.67. The summed E-state index contributed by atoms with van der Waals surface area (Å²) in [4.78, 5) is 35.3. The zero-order valence-electron chi connectivity index (χ0n) is 13.3. The lowest BCUT2D eigenvalue weighted by Crippen LogP contribution is -2.26. The second-order valence-electron chi connectivity index (χ2n) is 5.71. The average molecular weight is 345 g/mol. The second kappa shape index (κ2) is 5.82. The molecule has 0 aliphatic rings. The van der Waals surface area contributed by atoms with E-state index in [4.69, 9.17) is 10.4 Å². The van der Waals surface area contributed by atoms with Gasteiger partial charge in [0.1, 0.15) is 11.4 Å². The van der Waals surface area contributed by atoms with E-state index in [-0.39, 0.29) is 12.1 Å². The van der Waals surface area contributed by atoms with Crippen LogP contribution in [0.25, 0.3) is 21.9 Å². The number of aromatic carboxylic acids is 1. The Morgan fingerprint density at radius 1 is 1.35 bits per heavy atom. The first-order chi connectivity index (χ1) is 12.6. The molecule has 2 N–H and O–H groups in total. The molecule has 0 unspecified atom stereocenters. The van der Waals surface area contributed by atoms with E-state index in [1.54, 1.807) is 24.4 Å². The summed E-state index contributed by atoms with van der Waals surface area (Å²) in [5, 5.41) is 18.9. The Hall–Kier alpha value is -3.99. The molecule has 4 aromatic rings. The number of aromatic nitrogens is 4. The van der Waals surface area contributed by atoms with Crippen LogP contribution in [0.5, 0.6) is 0 Å². The van der Waals surface area contributed by atoms with Crippen molar-refractivity contribution in [2.24, 2.45) is 0 Å². The third kappa shape index (κ3) is 2.48. The van der Waals surface area contributed by atoms with E-state index in [2.05, 4.69) is 21.0 Å². The highest BCUT2D eigenvalue weighted by molar-refractivity contribution is 6.02. The zero-order valence-corrected chi connectivity index (χ0v) is 13.3. The fraction of sp³-hybridized carbons (Fsp3) is 0.0556. The molecule has 0 saturated heterocycles. The molecule has 0 saturated carbocycles. The minimum absolute atomic E-state index is 0.0913. The molecule has 0 fully saturated rings. The molecule has 0 spiro atoms. The molecule has 3 heterocycles. The SMILES string of the molecule is N#Cc1ccc2ncc3[nH]c(Cn4cccc(C(=O)O)c4=O)nc3c2c1. The van der Waals surface area contributed by atoms with E-state index < -0.39 is 11.5 Å². The van der Waals surface area contributed by atoms with E-state index in [0.717, 1.165) is 5.39 Å². The van der Waals surface area contributed by atoms with Gasteiger partial charge >= 0.3 is 5.97 Å². The van der Waals surface area contributed by atoms with Gasteiger partial charge in [-0.2, -0.15) is 5.26 Å². The largest absolute Gasteiger partial charge is 0.477 e. The highest BCUT2D eigenvalue weighted by Crippen LogP contribution is 2.23. The summed E-state index contributed by atoms with van der Waals surface area (Å²) in [5.74, 6) is -0.783. The molecule has 1 aromatic carbocycles. The number of carbonyl (C=O) groups is 1. The molecule has 8 heteroatoms. The van der Waals surface area contributed by atoms with Crippen LogP contribution >= 0.6 is 0 Å². The molecular weight excluding hydrogens is 334 g/mol. The Morgan fingerprint density at radius 3 is 2.96 bits per heavy atom. The lowest BCUT2D eigenvalue weighted by atomic mass is 10.1. The summed E-state index contributed by atoms with van der Waals surface area (Å²) in [6.45, 7) is 0.0913. The van der Waals surface area contributed by atoms with Crippen LogP contribution in [0.2, 0.25) is 0 Å². The number of benzene rings is 1. The quantitative estimate of drug-likeness (QED) is 0.584. The summed E-state index contributed by atoms with van der Waals surface area (Å²) in [5.41, 5.74) is 1.63. The first kappa shape index (κ1) is 15.5. The van der Waals surface area contributed by atoms with Crippen LogP contribution in [0.15, 0.2) is 47.5 Å². The van der Waals surface area contributed by atoms with Crippen LogP contribution in [-0.2, 0) is 6.54 Å². The second-order valence-corrected chi connectivity index (χ2v) is 5.71. The Bertz CT molecular complexity index is 1280. The fourth-order valence-electron chi connectivity index (χ4n) is 2.84. The molecule has 26 heavy (non-hydrogen) atoms. The van der Waals surface area contributed by atoms with Crippen LogP contribution in [0.4, 0.5) is 0 Å². The number of imidazole rings is 1. The maximum atomic E-state index is 12.2. The third-order valence-corrected chi connectivity index (χ3v) is 4.07. The van der Waals surface area contributed by atoms with Crippen LogP contribution < -0.4 is 5.56 Å². The highest BCUT2D eigenvalue weighted by atomic mass is 16.4. The average Bonchev–Trinajstić information content (AvgIpc) is 3.05. The van der Waals surface area contributed by atoms with Gasteiger partial charge in [0.05, 0.1) is 40.9 Å². The van der Waals surface area contributed by atoms with Crippen molar-refractivity contribution in [3.05, 3.63) is 70.0 Å². The molecule has 0 bridgehead atoms. The van der Waals surface area contributed by atoms with Crippen molar-refractivity contribution in [1.82, 2.24) is 19.5 Å². The van der Waals surface area contributed by atoms with Crippen LogP contribution in [-0.4, -0.2) is 30.6 Å². The van der Waals surface area contributed by atoms with Crippen molar-refractivity contribution in [3.63, 3.8) is 0 Å². The van der Waals surface area contributed by atoms with Crippen molar-refractivity contribution in [3.8, 4) is 6.07 Å². The van der Waals surface area contributed by atoms with Crippen LogP contribution in [0.1, 0.15) is 21.7 Å². The smallest absolute Gasteiger partial charge is 0.341 e. The number of fused-ring (bicyclic) bond motifs is 3. The number of hydrogen-bond donors (Lipinski definition) is 2. The van der Waals surface area contributed by atoms with E-state index >= 15 is 0 Å². The van der Waals surface area contributed by atoms with E-state index in [0.29, 0.717) is 27.9 Å². The summed E-state index contributed by atoms with van der Waals surface area (Å²) in [6, 6.07) is 10.0. The molecule has 3 aromatic heterocycles. The van der Waals surface area contributed by atoms with E-state index in [9.17, 15) is 9.59 Å². The van der Waals surface area contributed by atoms with Crippen molar-refractivity contribution in [2.75, 3.05) is 0 Å². The Kier molecular flexibility index (Phi) is 3.48. The number of hydrogen-bond acceptors (Lipinski definition) is 5. The highest BCUT2D eigenvalue weighted by Gasteiger charge is 2.13. The Morgan fingerprint density at radius 2 is 2.19 bits per heavy atom. The summed E-state index contributed by atoms with van der Waals surface area (Å²) in [7, 11) is 0. The molecule has 0 atom stereocenters. The van der Waals surface area contributed by atoms with Gasteiger partial charge in [-0.05, 0) is 30.3 Å². The molecular formula is C18H11N5O3. The van der Waals surface area contributed by atoms with Gasteiger partial charge in [-0.1, -0.05) is 0 Å². The summed E-state index contributed by atoms with van der Waals surface area (Å²) >= 11 is 0. The number of nitriles is 1. The maximum absolute atomic E-state index is 12.2. The lowest BCUT2D eigenvalue weighted by Gasteiger charge is -2.03. The number of pyridine rings is 2. The fourth-order valence-corrected chi connectivity index (χ4v) is 2.84. The number of H-pyrrole nitrogens is 1. The standard InChI is InChI=1S/C18H11N5O3/c19-7-10-3-4-13-12(6-10)16-14(8-20-13)21-15(22-16)9-23-5-1-2-11(17(23)24)18(25)26/h1-6,8H,9H2,(H,21,22)(H,25,26). The third-order valence-electron chi connectivity index (χ3n) is 4.07. The van der Waals surface area contributed by atoms with Gasteiger partial charge in [-0.15, -0.1) is 0 Å². The van der Waals surface area contributed by atoms with Crippen LogP contribution in [0, 0.1) is 11.3 Å². The topological polar surface area (TPSA) is 125 Å². The van der Waals surface area contributed by atoms with Gasteiger partial charge in [0, 0.05) is 11.6 Å². The van der Waals surface area contributed by atoms with Crippen molar-refractivity contribution in [2.45, 2.75) is 6.54 Å². The molecule has 126 valence electrons. The Labute approximate surface area is 146 Å². The van der Waals surface area contributed by atoms with Crippen molar-refractivity contribution < 1.29 is 9.90 Å². The monoisotopic (exact) mass is 345 g/mol. The minimum Gasteiger partial charge on any atom is -0.477 e. The molecule has 0 amide bonds. The van der Waals surface area contributed by atoms with Crippen molar-refractivity contribution >= 4 is 27.9 Å². The predicted molar refractivity (Wildman–Crippen MR) is 92.9 cm³/mol. The van der Waals surface area contributed by atoms with E-state index in [1.165, 1.54) is 22.9 Å². The van der Waals surface area contributed by atoms with Gasteiger partial charge < -0.3 is 14.7 Å². The molecule has 8 nitrogen and oxygen atoms in total. The molecule has 0 aliphatic heterocycles. The molecule has 0 radical (unpaired) electrons. The summed E-state index contributed by atoms with van der Waals surface area (Å²) in [6.07, 6.45) is 3.14. The number of carboxylic acid groups (broad SMARTS) is 1. The van der Waals surface area contributed by atoms with Crippen molar-refractivity contribution in [1.29, 1.82) is 5.26 Å². The molecule has 4 rings (SSSR count). The van der Waals surface area contributed by atoms with Gasteiger partial charge in [0.25, 0.3) is 5.56 Å². The number of aromatic amines is 1. The van der Waals surface area contributed by atoms with Gasteiger partial charge in [-0.3, -0.25) is 9.78 Å².